The summed E-state index contributed by atoms with van der Waals surface area (Å²) >= 11 is 3.30. The third kappa shape index (κ3) is 5.70. The molecular weight excluding hydrogens is 312 g/mol. The van der Waals surface area contributed by atoms with Gasteiger partial charge in [0.2, 0.25) is 0 Å². The van der Waals surface area contributed by atoms with E-state index in [1.807, 2.05) is 36.4 Å². The third-order valence-corrected chi connectivity index (χ3v) is 2.80. The topological polar surface area (TPSA) is 52.6 Å². The van der Waals surface area contributed by atoms with Crippen molar-refractivity contribution in [3.8, 4) is 0 Å². The second-order valence-corrected chi connectivity index (χ2v) is 4.38. The predicted octanol–water partition coefficient (Wildman–Crippen LogP) is 2.92. The number of halogens is 1. The molecule has 0 aliphatic heterocycles. The smallest absolute Gasteiger partial charge is 0.305 e. The number of benzene rings is 1. The maximum absolute atomic E-state index is 11.1. The van der Waals surface area contributed by atoms with Crippen LogP contribution in [0, 0.1) is 0 Å². The number of carbonyl (C=O) groups is 2. The summed E-state index contributed by atoms with van der Waals surface area (Å²) in [5.74, 6) is -1.02. The molecule has 0 aliphatic rings. The summed E-state index contributed by atoms with van der Waals surface area (Å²) < 4.78 is 10.0. The zero-order valence-electron chi connectivity index (χ0n) is 10.8. The number of ether oxygens (including phenoxy) is 2. The van der Waals surface area contributed by atoms with Gasteiger partial charge in [0.05, 0.1) is 0 Å². The van der Waals surface area contributed by atoms with E-state index in [0.717, 1.165) is 5.56 Å². The van der Waals surface area contributed by atoms with Crippen molar-refractivity contribution in [3.63, 3.8) is 0 Å². The van der Waals surface area contributed by atoms with Crippen LogP contribution in [0.3, 0.4) is 0 Å². The van der Waals surface area contributed by atoms with Gasteiger partial charge in [-0.15, -0.1) is 0 Å². The molecule has 0 aliphatic carbocycles. The van der Waals surface area contributed by atoms with Gasteiger partial charge in [-0.3, -0.25) is 9.59 Å². The molecule has 1 aromatic carbocycles. The fraction of sp³-hybridized carbons (Fsp3) is 0.286. The Morgan fingerprint density at radius 1 is 1.16 bits per heavy atom. The van der Waals surface area contributed by atoms with Crippen molar-refractivity contribution in [2.75, 3.05) is 5.33 Å². The lowest BCUT2D eigenvalue weighted by molar-refractivity contribution is -0.177. The Hall–Kier alpha value is -1.62. The zero-order chi connectivity index (χ0) is 14.3. The summed E-state index contributed by atoms with van der Waals surface area (Å²) in [4.78, 5) is 22.1. The van der Waals surface area contributed by atoms with Crippen molar-refractivity contribution in [2.24, 2.45) is 0 Å². The van der Waals surface area contributed by atoms with E-state index < -0.39 is 18.2 Å². The highest BCUT2D eigenvalue weighted by atomic mass is 79.9. The van der Waals surface area contributed by atoms with Crippen LogP contribution in [0.5, 0.6) is 0 Å². The monoisotopic (exact) mass is 326 g/mol. The second kappa shape index (κ2) is 7.74. The molecule has 0 amide bonds. The van der Waals surface area contributed by atoms with Crippen LogP contribution in [0.4, 0.5) is 0 Å². The van der Waals surface area contributed by atoms with Crippen LogP contribution in [0.15, 0.2) is 35.9 Å². The van der Waals surface area contributed by atoms with Gasteiger partial charge < -0.3 is 9.47 Å². The van der Waals surface area contributed by atoms with E-state index in [0.29, 0.717) is 10.9 Å². The first-order chi connectivity index (χ1) is 9.02. The maximum Gasteiger partial charge on any atom is 0.305 e. The minimum atomic E-state index is -1.01. The lowest BCUT2D eigenvalue weighted by Gasteiger charge is -2.18. The largest absolute Gasteiger partial charge is 0.421 e. The van der Waals surface area contributed by atoms with Crippen LogP contribution in [-0.4, -0.2) is 23.6 Å². The standard InChI is InChI=1S/C14H15BrO4/c1-10(16)18-14(19-11(2)17)13(9-15)8-12-6-4-3-5-7-12/h3-8,14H,9H2,1-2H3. The van der Waals surface area contributed by atoms with E-state index in [4.69, 9.17) is 9.47 Å². The fourth-order valence-corrected chi connectivity index (χ4v) is 1.84. The van der Waals surface area contributed by atoms with E-state index in [1.54, 1.807) is 0 Å². The van der Waals surface area contributed by atoms with Crippen molar-refractivity contribution in [3.05, 3.63) is 41.5 Å². The third-order valence-electron chi connectivity index (χ3n) is 2.15. The van der Waals surface area contributed by atoms with Gasteiger partial charge in [-0.2, -0.15) is 0 Å². The number of hydrogen-bond donors (Lipinski definition) is 0. The quantitative estimate of drug-likeness (QED) is 0.474. The molecule has 0 aromatic heterocycles. The summed E-state index contributed by atoms with van der Waals surface area (Å²) in [5, 5.41) is 0.424. The normalized spacial score (nSPS) is 11.3. The molecule has 0 N–H and O–H groups in total. The van der Waals surface area contributed by atoms with Crippen molar-refractivity contribution in [1.29, 1.82) is 0 Å². The number of carbonyl (C=O) groups excluding carboxylic acids is 2. The second-order valence-electron chi connectivity index (χ2n) is 3.81. The molecule has 0 bridgehead atoms. The Labute approximate surface area is 120 Å². The summed E-state index contributed by atoms with van der Waals surface area (Å²) in [6.07, 6.45) is 0.806. The fourth-order valence-electron chi connectivity index (χ4n) is 1.41. The number of rotatable bonds is 5. The summed E-state index contributed by atoms with van der Waals surface area (Å²) in [6.45, 7) is 2.54. The van der Waals surface area contributed by atoms with Crippen LogP contribution < -0.4 is 0 Å². The van der Waals surface area contributed by atoms with Crippen LogP contribution in [0.1, 0.15) is 19.4 Å². The molecule has 0 saturated carbocycles. The predicted molar refractivity (Wildman–Crippen MR) is 75.5 cm³/mol. The van der Waals surface area contributed by atoms with Gasteiger partial charge in [0.15, 0.2) is 0 Å². The molecule has 0 spiro atoms. The molecule has 0 saturated heterocycles. The molecule has 0 unspecified atom stereocenters. The Kier molecular flexibility index (Phi) is 6.29. The Morgan fingerprint density at radius 3 is 2.11 bits per heavy atom. The summed E-state index contributed by atoms with van der Waals surface area (Å²) in [5.41, 5.74) is 1.58. The zero-order valence-corrected chi connectivity index (χ0v) is 12.3. The molecule has 0 heterocycles. The molecule has 0 radical (unpaired) electrons. The van der Waals surface area contributed by atoms with Crippen LogP contribution >= 0.6 is 15.9 Å². The number of alkyl halides is 1. The number of esters is 2. The van der Waals surface area contributed by atoms with Gasteiger partial charge in [-0.25, -0.2) is 0 Å². The van der Waals surface area contributed by atoms with Crippen LogP contribution in [0.25, 0.3) is 6.08 Å². The first-order valence-electron chi connectivity index (χ1n) is 5.69. The first kappa shape index (κ1) is 15.4. The van der Waals surface area contributed by atoms with Crippen molar-refractivity contribution in [2.45, 2.75) is 20.1 Å². The molecule has 0 fully saturated rings. The number of hydrogen-bond acceptors (Lipinski definition) is 4. The van der Waals surface area contributed by atoms with Crippen molar-refractivity contribution in [1.82, 2.24) is 0 Å². The average molecular weight is 327 g/mol. The van der Waals surface area contributed by atoms with Crippen molar-refractivity contribution >= 4 is 33.9 Å². The molecular formula is C14H15BrO4. The van der Waals surface area contributed by atoms with E-state index >= 15 is 0 Å². The van der Waals surface area contributed by atoms with Crippen LogP contribution in [0.2, 0.25) is 0 Å². The Balaban J connectivity index is 2.98. The highest BCUT2D eigenvalue weighted by Gasteiger charge is 2.19. The Bertz CT molecular complexity index is 452. The molecule has 5 heteroatoms. The van der Waals surface area contributed by atoms with Gasteiger partial charge in [-0.1, -0.05) is 46.3 Å². The van der Waals surface area contributed by atoms with Gasteiger partial charge in [0, 0.05) is 24.8 Å². The van der Waals surface area contributed by atoms with E-state index in [1.165, 1.54) is 13.8 Å². The minimum Gasteiger partial charge on any atom is -0.421 e. The van der Waals surface area contributed by atoms with Gasteiger partial charge in [0.25, 0.3) is 6.29 Å². The SMILES string of the molecule is CC(=O)OC(OC(C)=O)C(=Cc1ccccc1)CBr. The lowest BCUT2D eigenvalue weighted by Crippen LogP contribution is -2.25. The highest BCUT2D eigenvalue weighted by Crippen LogP contribution is 2.17. The molecule has 1 rings (SSSR count). The molecule has 1 aromatic rings. The first-order valence-corrected chi connectivity index (χ1v) is 6.81. The van der Waals surface area contributed by atoms with E-state index in [2.05, 4.69) is 15.9 Å². The highest BCUT2D eigenvalue weighted by molar-refractivity contribution is 9.09. The molecule has 0 atom stereocenters. The molecule has 19 heavy (non-hydrogen) atoms. The van der Waals surface area contributed by atoms with Gasteiger partial charge in [0.1, 0.15) is 0 Å². The molecule has 4 nitrogen and oxygen atoms in total. The van der Waals surface area contributed by atoms with Crippen molar-refractivity contribution < 1.29 is 19.1 Å². The van der Waals surface area contributed by atoms with Gasteiger partial charge >= 0.3 is 11.9 Å². The van der Waals surface area contributed by atoms with Crippen LogP contribution in [-0.2, 0) is 19.1 Å². The summed E-state index contributed by atoms with van der Waals surface area (Å²) in [6, 6.07) is 9.50. The van der Waals surface area contributed by atoms with E-state index in [9.17, 15) is 9.59 Å². The Morgan fingerprint density at radius 2 is 1.68 bits per heavy atom. The van der Waals surface area contributed by atoms with Gasteiger partial charge in [-0.05, 0) is 11.6 Å². The minimum absolute atomic E-state index is 0.424. The summed E-state index contributed by atoms with van der Waals surface area (Å²) in [7, 11) is 0. The molecule has 102 valence electrons. The van der Waals surface area contributed by atoms with E-state index in [-0.39, 0.29) is 0 Å². The lowest BCUT2D eigenvalue weighted by atomic mass is 10.1. The maximum atomic E-state index is 11.1. The average Bonchev–Trinajstić information content (AvgIpc) is 2.35.